The van der Waals surface area contributed by atoms with Gasteiger partial charge in [0.1, 0.15) is 0 Å². The minimum Gasteiger partial charge on any atom is -0.302 e. The molecule has 2 N–H and O–H groups in total. The molecule has 2 fully saturated rings. The van der Waals surface area contributed by atoms with Crippen LogP contribution in [0.2, 0.25) is 0 Å². The minimum atomic E-state index is 1.07. The van der Waals surface area contributed by atoms with Crippen LogP contribution in [0, 0.1) is 0 Å². The zero-order valence-electron chi connectivity index (χ0n) is 10.4. The molecule has 0 bridgehead atoms. The van der Waals surface area contributed by atoms with Crippen molar-refractivity contribution >= 4 is 0 Å². The fourth-order valence-corrected chi connectivity index (χ4v) is 2.62. The van der Waals surface area contributed by atoms with Gasteiger partial charge in [0.05, 0.1) is 0 Å². The zero-order chi connectivity index (χ0) is 11.1. The van der Waals surface area contributed by atoms with Crippen LogP contribution in [0.3, 0.4) is 0 Å². The van der Waals surface area contributed by atoms with Crippen LogP contribution in [-0.2, 0) is 0 Å². The summed E-state index contributed by atoms with van der Waals surface area (Å²) in [5.41, 5.74) is 6.64. The molecule has 2 aliphatic heterocycles. The van der Waals surface area contributed by atoms with E-state index in [0.29, 0.717) is 0 Å². The second-order valence-electron chi connectivity index (χ2n) is 4.95. The largest absolute Gasteiger partial charge is 0.302 e. The molecule has 0 spiro atoms. The lowest BCUT2D eigenvalue weighted by molar-refractivity contribution is 0.306. The SMILES string of the molecule is C1CCN(CCNNCCN2CCCC2)C1. The topological polar surface area (TPSA) is 30.5 Å². The molecular weight excluding hydrogens is 200 g/mol. The predicted molar refractivity (Wildman–Crippen MR) is 67.4 cm³/mol. The molecule has 0 aromatic carbocycles. The minimum absolute atomic E-state index is 1.07. The lowest BCUT2D eigenvalue weighted by Crippen LogP contribution is -2.41. The number of nitrogens with one attached hydrogen (secondary N) is 2. The number of nitrogens with zero attached hydrogens (tertiary/aromatic N) is 2. The average molecular weight is 226 g/mol. The van der Waals surface area contributed by atoms with Crippen molar-refractivity contribution < 1.29 is 0 Å². The molecule has 0 aliphatic carbocycles. The summed E-state index contributed by atoms with van der Waals surface area (Å²) in [5, 5.41) is 0. The van der Waals surface area contributed by atoms with E-state index in [0.717, 1.165) is 13.1 Å². The first-order chi connectivity index (χ1) is 7.95. The van der Waals surface area contributed by atoms with Gasteiger partial charge in [0.25, 0.3) is 0 Å². The molecule has 0 atom stereocenters. The Bertz CT molecular complexity index is 154. The van der Waals surface area contributed by atoms with Crippen molar-refractivity contribution in [3.05, 3.63) is 0 Å². The van der Waals surface area contributed by atoms with Crippen LogP contribution in [0.15, 0.2) is 0 Å². The molecule has 0 aromatic heterocycles. The van der Waals surface area contributed by atoms with E-state index in [1.54, 1.807) is 0 Å². The van der Waals surface area contributed by atoms with Gasteiger partial charge in [-0.1, -0.05) is 0 Å². The van der Waals surface area contributed by atoms with Crippen molar-refractivity contribution in [2.75, 3.05) is 52.4 Å². The number of hydrogen-bond acceptors (Lipinski definition) is 4. The fraction of sp³-hybridized carbons (Fsp3) is 1.00. The van der Waals surface area contributed by atoms with Gasteiger partial charge in [0, 0.05) is 26.2 Å². The van der Waals surface area contributed by atoms with Crippen molar-refractivity contribution in [2.24, 2.45) is 0 Å². The molecule has 16 heavy (non-hydrogen) atoms. The van der Waals surface area contributed by atoms with E-state index in [9.17, 15) is 0 Å². The number of hydrazine groups is 1. The molecule has 0 amide bonds. The van der Waals surface area contributed by atoms with E-state index in [-0.39, 0.29) is 0 Å². The van der Waals surface area contributed by atoms with Crippen LogP contribution >= 0.6 is 0 Å². The molecule has 2 rings (SSSR count). The molecule has 0 aromatic rings. The zero-order valence-corrected chi connectivity index (χ0v) is 10.4. The maximum atomic E-state index is 3.32. The molecule has 0 radical (unpaired) electrons. The van der Waals surface area contributed by atoms with Crippen molar-refractivity contribution in [1.29, 1.82) is 0 Å². The van der Waals surface area contributed by atoms with Gasteiger partial charge >= 0.3 is 0 Å². The molecular formula is C12H26N4. The Labute approximate surface area is 99.3 Å². The number of hydrogen-bond donors (Lipinski definition) is 2. The summed E-state index contributed by atoms with van der Waals surface area (Å²) in [6.45, 7) is 9.73. The maximum Gasteiger partial charge on any atom is 0.0228 e. The summed E-state index contributed by atoms with van der Waals surface area (Å²) in [5.74, 6) is 0. The quantitative estimate of drug-likeness (QED) is 0.482. The van der Waals surface area contributed by atoms with Gasteiger partial charge in [-0.25, -0.2) is 0 Å². The Kier molecular flexibility index (Phi) is 5.55. The highest BCUT2D eigenvalue weighted by atomic mass is 15.4. The van der Waals surface area contributed by atoms with Gasteiger partial charge in [-0.2, -0.15) is 0 Å². The van der Waals surface area contributed by atoms with E-state index < -0.39 is 0 Å². The lowest BCUT2D eigenvalue weighted by atomic mass is 10.4. The Morgan fingerprint density at radius 1 is 0.625 bits per heavy atom. The van der Waals surface area contributed by atoms with E-state index in [2.05, 4.69) is 20.7 Å². The van der Waals surface area contributed by atoms with E-state index in [4.69, 9.17) is 0 Å². The lowest BCUT2D eigenvalue weighted by Gasteiger charge is -2.17. The highest BCUT2D eigenvalue weighted by Gasteiger charge is 2.11. The normalized spacial score (nSPS) is 23.2. The summed E-state index contributed by atoms with van der Waals surface area (Å²) in [6, 6.07) is 0. The monoisotopic (exact) mass is 226 g/mol. The molecule has 0 unspecified atom stereocenters. The molecule has 4 nitrogen and oxygen atoms in total. The standard InChI is InChI=1S/C12H26N4/c1-2-8-15(7-1)11-5-13-14-6-12-16-9-3-4-10-16/h13-14H,1-12H2. The molecule has 94 valence electrons. The van der Waals surface area contributed by atoms with E-state index in [1.165, 1.54) is 65.0 Å². The summed E-state index contributed by atoms with van der Waals surface area (Å²) < 4.78 is 0. The smallest absolute Gasteiger partial charge is 0.0228 e. The van der Waals surface area contributed by atoms with Crippen molar-refractivity contribution in [3.8, 4) is 0 Å². The van der Waals surface area contributed by atoms with E-state index in [1.807, 2.05) is 0 Å². The highest BCUT2D eigenvalue weighted by Crippen LogP contribution is 2.06. The molecule has 0 saturated carbocycles. The van der Waals surface area contributed by atoms with Crippen LogP contribution in [-0.4, -0.2) is 62.2 Å². The summed E-state index contributed by atoms with van der Waals surface area (Å²) in [4.78, 5) is 5.07. The Hall–Kier alpha value is -0.160. The molecule has 2 saturated heterocycles. The molecule has 2 heterocycles. The third-order valence-corrected chi connectivity index (χ3v) is 3.63. The maximum absolute atomic E-state index is 3.32. The average Bonchev–Trinajstić information content (AvgIpc) is 2.96. The van der Waals surface area contributed by atoms with Gasteiger partial charge < -0.3 is 9.80 Å². The highest BCUT2D eigenvalue weighted by molar-refractivity contribution is 4.67. The Morgan fingerprint density at radius 3 is 1.38 bits per heavy atom. The van der Waals surface area contributed by atoms with Crippen molar-refractivity contribution in [3.63, 3.8) is 0 Å². The number of rotatable bonds is 7. The first-order valence-corrected chi connectivity index (χ1v) is 6.85. The van der Waals surface area contributed by atoms with Crippen LogP contribution in [0.4, 0.5) is 0 Å². The second kappa shape index (κ2) is 7.22. The van der Waals surface area contributed by atoms with Crippen LogP contribution < -0.4 is 10.9 Å². The first kappa shape index (κ1) is 12.3. The van der Waals surface area contributed by atoms with Gasteiger partial charge in [0.2, 0.25) is 0 Å². The van der Waals surface area contributed by atoms with Crippen molar-refractivity contribution in [2.45, 2.75) is 25.7 Å². The van der Waals surface area contributed by atoms with Crippen LogP contribution in [0.1, 0.15) is 25.7 Å². The molecule has 2 aliphatic rings. The van der Waals surface area contributed by atoms with Crippen LogP contribution in [0.5, 0.6) is 0 Å². The Balaban J connectivity index is 1.37. The number of likely N-dealkylation sites (tertiary alicyclic amines) is 2. The van der Waals surface area contributed by atoms with Crippen molar-refractivity contribution in [1.82, 2.24) is 20.7 Å². The van der Waals surface area contributed by atoms with Crippen LogP contribution in [0.25, 0.3) is 0 Å². The van der Waals surface area contributed by atoms with Gasteiger partial charge in [0.15, 0.2) is 0 Å². The van der Waals surface area contributed by atoms with E-state index >= 15 is 0 Å². The summed E-state index contributed by atoms with van der Waals surface area (Å²) in [6.07, 6.45) is 5.57. The first-order valence-electron chi connectivity index (χ1n) is 6.85. The second-order valence-corrected chi connectivity index (χ2v) is 4.95. The van der Waals surface area contributed by atoms with Gasteiger partial charge in [-0.05, 0) is 51.9 Å². The fourth-order valence-electron chi connectivity index (χ4n) is 2.62. The Morgan fingerprint density at radius 2 is 1.00 bits per heavy atom. The third kappa shape index (κ3) is 4.37. The summed E-state index contributed by atoms with van der Waals surface area (Å²) in [7, 11) is 0. The third-order valence-electron chi connectivity index (χ3n) is 3.63. The van der Waals surface area contributed by atoms with Gasteiger partial charge in [-0.3, -0.25) is 10.9 Å². The molecule has 4 heteroatoms. The predicted octanol–water partition coefficient (Wildman–Crippen LogP) is 0.272. The van der Waals surface area contributed by atoms with Gasteiger partial charge in [-0.15, -0.1) is 0 Å². The summed E-state index contributed by atoms with van der Waals surface area (Å²) >= 11 is 0.